The molecule has 98 valence electrons. The van der Waals surface area contributed by atoms with Crippen LogP contribution in [0.4, 0.5) is 18.9 Å². The Bertz CT molecular complexity index is 565. The topological polar surface area (TPSA) is 81.2 Å². The van der Waals surface area contributed by atoms with E-state index in [2.05, 4.69) is 5.10 Å². The van der Waals surface area contributed by atoms with Crippen LogP contribution in [0.1, 0.15) is 5.56 Å². The molecule has 0 fully saturated rings. The van der Waals surface area contributed by atoms with Gasteiger partial charge in [0.2, 0.25) is 5.71 Å². The number of rotatable bonds is 3. The van der Waals surface area contributed by atoms with Crippen molar-refractivity contribution in [3.63, 3.8) is 0 Å². The Morgan fingerprint density at radius 1 is 1.32 bits per heavy atom. The van der Waals surface area contributed by atoms with Crippen LogP contribution in [0.3, 0.4) is 0 Å². The molecule has 0 bridgehead atoms. The summed E-state index contributed by atoms with van der Waals surface area (Å²) in [4.78, 5) is 0. The van der Waals surface area contributed by atoms with Crippen LogP contribution < -0.4 is 10.2 Å². The van der Waals surface area contributed by atoms with E-state index in [-0.39, 0.29) is 11.4 Å². The standard InChI is InChI=1S/C11H7F3N4O/c1-19-8-2-3-10(9(4-8)11(12,13)14)18-17-7(5-15)6-16/h2-4,18H,1H3. The number of benzene rings is 1. The van der Waals surface area contributed by atoms with Gasteiger partial charge in [-0.25, -0.2) is 0 Å². The molecular formula is C11H7F3N4O. The molecule has 0 aliphatic carbocycles. The van der Waals surface area contributed by atoms with E-state index in [0.717, 1.165) is 12.1 Å². The van der Waals surface area contributed by atoms with Crippen molar-refractivity contribution in [3.05, 3.63) is 23.8 Å². The first-order valence-corrected chi connectivity index (χ1v) is 4.81. The van der Waals surface area contributed by atoms with Crippen molar-refractivity contribution in [3.8, 4) is 17.9 Å². The van der Waals surface area contributed by atoms with Gasteiger partial charge in [0.15, 0.2) is 0 Å². The van der Waals surface area contributed by atoms with E-state index >= 15 is 0 Å². The fourth-order valence-corrected chi connectivity index (χ4v) is 1.17. The molecule has 0 heterocycles. The third-order valence-corrected chi connectivity index (χ3v) is 2.03. The zero-order chi connectivity index (χ0) is 14.5. The second-order valence-corrected chi connectivity index (χ2v) is 3.21. The number of methoxy groups -OCH3 is 1. The second kappa shape index (κ2) is 5.74. The van der Waals surface area contributed by atoms with Gasteiger partial charge in [-0.1, -0.05) is 0 Å². The van der Waals surface area contributed by atoms with E-state index < -0.39 is 17.5 Å². The van der Waals surface area contributed by atoms with E-state index in [9.17, 15) is 13.2 Å². The lowest BCUT2D eigenvalue weighted by atomic mass is 10.1. The highest BCUT2D eigenvalue weighted by Crippen LogP contribution is 2.37. The van der Waals surface area contributed by atoms with Gasteiger partial charge < -0.3 is 4.74 Å². The fourth-order valence-electron chi connectivity index (χ4n) is 1.17. The number of halogens is 3. The maximum Gasteiger partial charge on any atom is 0.418 e. The Morgan fingerprint density at radius 2 is 1.95 bits per heavy atom. The molecule has 8 heteroatoms. The third kappa shape index (κ3) is 3.61. The first-order valence-electron chi connectivity index (χ1n) is 4.81. The Balaban J connectivity index is 3.19. The van der Waals surface area contributed by atoms with E-state index in [1.165, 1.54) is 25.3 Å². The molecule has 0 unspecified atom stereocenters. The average molecular weight is 268 g/mol. The quantitative estimate of drug-likeness (QED) is 0.674. The van der Waals surface area contributed by atoms with Crippen molar-refractivity contribution in [2.24, 2.45) is 5.10 Å². The Morgan fingerprint density at radius 3 is 2.42 bits per heavy atom. The number of nitriles is 2. The monoisotopic (exact) mass is 268 g/mol. The van der Waals surface area contributed by atoms with Crippen molar-refractivity contribution >= 4 is 11.4 Å². The summed E-state index contributed by atoms with van der Waals surface area (Å²) in [6.45, 7) is 0. The Hall–Kier alpha value is -2.74. The molecule has 0 radical (unpaired) electrons. The van der Waals surface area contributed by atoms with Crippen LogP contribution in [-0.4, -0.2) is 12.8 Å². The van der Waals surface area contributed by atoms with Gasteiger partial charge in [0.1, 0.15) is 17.9 Å². The highest BCUT2D eigenvalue weighted by Gasteiger charge is 2.34. The molecule has 0 saturated heterocycles. The van der Waals surface area contributed by atoms with Gasteiger partial charge in [-0.2, -0.15) is 28.8 Å². The highest BCUT2D eigenvalue weighted by molar-refractivity contribution is 6.10. The lowest BCUT2D eigenvalue weighted by Crippen LogP contribution is -2.09. The maximum absolute atomic E-state index is 12.8. The summed E-state index contributed by atoms with van der Waals surface area (Å²) in [5, 5.41) is 20.1. The van der Waals surface area contributed by atoms with Crippen molar-refractivity contribution in [2.75, 3.05) is 12.5 Å². The zero-order valence-corrected chi connectivity index (χ0v) is 9.62. The molecule has 1 aromatic rings. The summed E-state index contributed by atoms with van der Waals surface area (Å²) >= 11 is 0. The predicted octanol–water partition coefficient (Wildman–Crippen LogP) is 2.53. The molecule has 5 nitrogen and oxygen atoms in total. The third-order valence-electron chi connectivity index (χ3n) is 2.03. The lowest BCUT2D eigenvalue weighted by Gasteiger charge is -2.13. The van der Waals surface area contributed by atoms with Crippen LogP contribution in [0, 0.1) is 22.7 Å². The summed E-state index contributed by atoms with van der Waals surface area (Å²) in [6, 6.07) is 6.03. The lowest BCUT2D eigenvalue weighted by molar-refractivity contribution is -0.137. The Labute approximate surface area is 106 Å². The van der Waals surface area contributed by atoms with Crippen LogP contribution >= 0.6 is 0 Å². The number of nitrogens with zero attached hydrogens (tertiary/aromatic N) is 3. The maximum atomic E-state index is 12.8. The average Bonchev–Trinajstić information content (AvgIpc) is 2.39. The minimum Gasteiger partial charge on any atom is -0.497 e. The summed E-state index contributed by atoms with van der Waals surface area (Å²) in [5.74, 6) is 0.0302. The summed E-state index contributed by atoms with van der Waals surface area (Å²) < 4.78 is 43.0. The van der Waals surface area contributed by atoms with E-state index in [1.54, 1.807) is 0 Å². The molecule has 0 aliphatic rings. The van der Waals surface area contributed by atoms with Crippen molar-refractivity contribution in [1.82, 2.24) is 0 Å². The molecule has 0 amide bonds. The zero-order valence-electron chi connectivity index (χ0n) is 9.62. The summed E-state index contributed by atoms with van der Waals surface area (Å²) in [7, 11) is 1.24. The predicted molar refractivity (Wildman–Crippen MR) is 60.3 cm³/mol. The van der Waals surface area contributed by atoms with Gasteiger partial charge >= 0.3 is 6.18 Å². The van der Waals surface area contributed by atoms with E-state index in [4.69, 9.17) is 15.3 Å². The molecule has 0 atom stereocenters. The number of alkyl halides is 3. The number of hydrogen-bond donors (Lipinski definition) is 1. The van der Waals surface area contributed by atoms with Crippen LogP contribution in [0.2, 0.25) is 0 Å². The minimum atomic E-state index is -4.62. The molecular weight excluding hydrogens is 261 g/mol. The van der Waals surface area contributed by atoms with Gasteiger partial charge in [-0.05, 0) is 18.2 Å². The normalized spacial score (nSPS) is 10.0. The van der Waals surface area contributed by atoms with Crippen LogP contribution in [0.5, 0.6) is 5.75 Å². The molecule has 1 rings (SSSR count). The largest absolute Gasteiger partial charge is 0.497 e. The van der Waals surface area contributed by atoms with Crippen LogP contribution in [0.25, 0.3) is 0 Å². The van der Waals surface area contributed by atoms with Crippen molar-refractivity contribution in [1.29, 1.82) is 10.5 Å². The second-order valence-electron chi connectivity index (χ2n) is 3.21. The summed E-state index contributed by atoms with van der Waals surface area (Å²) in [5.41, 5.74) is 0.0739. The van der Waals surface area contributed by atoms with Gasteiger partial charge in [-0.15, -0.1) is 0 Å². The molecule has 0 saturated carbocycles. The molecule has 0 spiro atoms. The molecule has 0 aromatic heterocycles. The summed E-state index contributed by atoms with van der Waals surface area (Å²) in [6.07, 6.45) is -4.62. The first kappa shape index (κ1) is 14.3. The number of nitrogens with one attached hydrogen (secondary N) is 1. The Kier molecular flexibility index (Phi) is 4.32. The number of anilines is 1. The van der Waals surface area contributed by atoms with Crippen LogP contribution in [0.15, 0.2) is 23.3 Å². The van der Waals surface area contributed by atoms with Gasteiger partial charge in [0.25, 0.3) is 0 Å². The van der Waals surface area contributed by atoms with E-state index in [0.29, 0.717) is 0 Å². The minimum absolute atomic E-state index is 0.0302. The fraction of sp³-hybridized carbons (Fsp3) is 0.182. The molecule has 1 aromatic carbocycles. The number of ether oxygens (including phenoxy) is 1. The van der Waals surface area contributed by atoms with Gasteiger partial charge in [-0.3, -0.25) is 5.43 Å². The smallest absolute Gasteiger partial charge is 0.418 e. The van der Waals surface area contributed by atoms with Crippen molar-refractivity contribution in [2.45, 2.75) is 6.18 Å². The van der Waals surface area contributed by atoms with Gasteiger partial charge in [0, 0.05) is 0 Å². The van der Waals surface area contributed by atoms with Crippen molar-refractivity contribution < 1.29 is 17.9 Å². The number of hydrazone groups is 1. The van der Waals surface area contributed by atoms with Crippen LogP contribution in [-0.2, 0) is 6.18 Å². The molecule has 19 heavy (non-hydrogen) atoms. The van der Waals surface area contributed by atoms with E-state index in [1.807, 2.05) is 5.43 Å². The first-order chi connectivity index (χ1) is 8.92. The molecule has 0 aliphatic heterocycles. The SMILES string of the molecule is COc1ccc(NN=C(C#N)C#N)c(C(F)(F)F)c1. The van der Waals surface area contributed by atoms with Gasteiger partial charge in [0.05, 0.1) is 18.4 Å². The molecule has 1 N–H and O–H groups in total. The highest BCUT2D eigenvalue weighted by atomic mass is 19.4. The number of hydrogen-bond acceptors (Lipinski definition) is 5.